The molecule has 0 spiro atoms. The van der Waals surface area contributed by atoms with Crippen molar-refractivity contribution in [2.45, 2.75) is 79.4 Å². The Hall–Kier alpha value is -5.91. The molecule has 3 aromatic heterocycles. The van der Waals surface area contributed by atoms with E-state index in [4.69, 9.17) is 9.40 Å². The zero-order chi connectivity index (χ0) is 44.7. The normalized spacial score (nSPS) is 11.8. The van der Waals surface area contributed by atoms with Crippen molar-refractivity contribution in [1.82, 2.24) is 14.5 Å². The van der Waals surface area contributed by atoms with Gasteiger partial charge in [0.1, 0.15) is 5.58 Å². The van der Waals surface area contributed by atoms with E-state index in [2.05, 4.69) is 198 Å². The Labute approximate surface area is 399 Å². The Balaban J connectivity index is 0.000000232. The molecular weight excluding hydrogens is 987 g/mol. The maximum Gasteiger partial charge on any atom is 0.120 e. The van der Waals surface area contributed by atoms with E-state index in [0.717, 1.165) is 62.0 Å². The molecule has 6 heteroatoms. The molecule has 0 saturated carbocycles. The fraction of sp³-hybridized carbons (Fsp3) is 0.220. The quantitative estimate of drug-likeness (QED) is 0.107. The number of hydrogen-bond donors (Lipinski definition) is 0. The van der Waals surface area contributed by atoms with Gasteiger partial charge < -0.3 is 14.0 Å². The third-order valence-corrected chi connectivity index (χ3v) is 14.3. The van der Waals surface area contributed by atoms with Gasteiger partial charge in [-0.1, -0.05) is 163 Å². The molecule has 0 aliphatic carbocycles. The molecule has 0 bridgehead atoms. The average molecular weight is 1040 g/mol. The van der Waals surface area contributed by atoms with E-state index < -0.39 is 8.07 Å². The molecule has 0 fully saturated rings. The molecular formula is C59H57IrN3OSi-2. The van der Waals surface area contributed by atoms with Crippen molar-refractivity contribution in [3.63, 3.8) is 0 Å². The summed E-state index contributed by atoms with van der Waals surface area (Å²) in [6.45, 7) is 20.9. The van der Waals surface area contributed by atoms with Gasteiger partial charge in [-0.15, -0.1) is 54.1 Å². The summed E-state index contributed by atoms with van der Waals surface area (Å²) in [5.74, 6) is 2.06. The average Bonchev–Trinajstić information content (AvgIpc) is 3.88. The van der Waals surface area contributed by atoms with Crippen LogP contribution in [0.5, 0.6) is 0 Å². The first-order chi connectivity index (χ1) is 30.9. The molecule has 0 amide bonds. The Bertz CT molecular complexity index is 3240. The predicted molar refractivity (Wildman–Crippen MR) is 274 cm³/mol. The summed E-state index contributed by atoms with van der Waals surface area (Å²) in [6.07, 6.45) is 3.24. The van der Waals surface area contributed by atoms with Crippen molar-refractivity contribution in [1.29, 1.82) is 0 Å². The Morgan fingerprint density at radius 3 is 2.00 bits per heavy atom. The largest absolute Gasteiger partial charge is 0.501 e. The number of fused-ring (bicyclic) bond motifs is 6. The van der Waals surface area contributed by atoms with Crippen molar-refractivity contribution in [3.8, 4) is 39.5 Å². The van der Waals surface area contributed by atoms with Gasteiger partial charge in [0.2, 0.25) is 0 Å². The molecule has 329 valence electrons. The van der Waals surface area contributed by atoms with Gasteiger partial charge in [0.15, 0.2) is 0 Å². The van der Waals surface area contributed by atoms with Crippen molar-refractivity contribution in [2.24, 2.45) is 5.92 Å². The van der Waals surface area contributed by atoms with Crippen LogP contribution in [0.25, 0.3) is 83.2 Å². The molecule has 7 aromatic carbocycles. The third kappa shape index (κ3) is 9.05. The van der Waals surface area contributed by atoms with Gasteiger partial charge in [-0.2, -0.15) is 0 Å². The number of pyridine rings is 1. The second-order valence-electron chi connectivity index (χ2n) is 19.1. The van der Waals surface area contributed by atoms with Crippen LogP contribution in [0.1, 0.15) is 70.1 Å². The molecule has 10 rings (SSSR count). The SMILES string of the molecule is CC(C)Cc1cc(-c2[c-]cccc2)ncc1[Si](C)(C)C.CC(C)c1cc(-c2ccccc2)cc(C(C)C)c1-n1c(-c2[c-]ccc3c2oc2ccccc23)nc2ccc3ccccc3c21.[Ir]. The van der Waals surface area contributed by atoms with Gasteiger partial charge in [-0.25, -0.2) is 0 Å². The molecule has 0 aliphatic heterocycles. The van der Waals surface area contributed by atoms with Crippen LogP contribution in [-0.4, -0.2) is 22.6 Å². The van der Waals surface area contributed by atoms with Crippen LogP contribution in [0.3, 0.4) is 0 Å². The van der Waals surface area contributed by atoms with E-state index in [0.29, 0.717) is 5.92 Å². The van der Waals surface area contributed by atoms with Crippen molar-refractivity contribution in [3.05, 3.63) is 181 Å². The Morgan fingerprint density at radius 2 is 1.32 bits per heavy atom. The molecule has 3 heterocycles. The maximum absolute atomic E-state index is 6.56. The van der Waals surface area contributed by atoms with Crippen LogP contribution in [0, 0.1) is 18.1 Å². The number of imidazole rings is 1. The first-order valence-corrected chi connectivity index (χ1v) is 26.3. The monoisotopic (exact) mass is 1040 g/mol. The first-order valence-electron chi connectivity index (χ1n) is 22.8. The van der Waals surface area contributed by atoms with E-state index in [1.54, 1.807) is 0 Å². The minimum Gasteiger partial charge on any atom is -0.501 e. The molecule has 0 atom stereocenters. The van der Waals surface area contributed by atoms with Gasteiger partial charge in [0.25, 0.3) is 0 Å². The molecule has 0 saturated heterocycles. The second kappa shape index (κ2) is 18.9. The van der Waals surface area contributed by atoms with Gasteiger partial charge in [-0.05, 0) is 87.0 Å². The van der Waals surface area contributed by atoms with E-state index in [1.165, 1.54) is 49.5 Å². The predicted octanol–water partition coefficient (Wildman–Crippen LogP) is 15.7. The zero-order valence-corrected chi connectivity index (χ0v) is 42.4. The number of hydrogen-bond acceptors (Lipinski definition) is 3. The smallest absolute Gasteiger partial charge is 0.120 e. The van der Waals surface area contributed by atoms with E-state index in [1.807, 2.05) is 36.4 Å². The minimum absolute atomic E-state index is 0. The summed E-state index contributed by atoms with van der Waals surface area (Å²) in [5.41, 5.74) is 14.5. The molecule has 65 heavy (non-hydrogen) atoms. The van der Waals surface area contributed by atoms with Crippen LogP contribution < -0.4 is 5.19 Å². The van der Waals surface area contributed by atoms with E-state index in [9.17, 15) is 0 Å². The van der Waals surface area contributed by atoms with E-state index in [-0.39, 0.29) is 31.9 Å². The van der Waals surface area contributed by atoms with Gasteiger partial charge in [0.05, 0.1) is 30.5 Å². The maximum atomic E-state index is 6.56. The van der Waals surface area contributed by atoms with Crippen molar-refractivity contribution >= 4 is 57.0 Å². The van der Waals surface area contributed by atoms with Crippen LogP contribution in [-0.2, 0) is 26.5 Å². The van der Waals surface area contributed by atoms with Crippen LogP contribution in [0.15, 0.2) is 156 Å². The Morgan fingerprint density at radius 1 is 0.646 bits per heavy atom. The molecule has 10 aromatic rings. The number of para-hydroxylation sites is 1. The fourth-order valence-corrected chi connectivity index (χ4v) is 10.8. The summed E-state index contributed by atoms with van der Waals surface area (Å²) in [6, 6.07) is 58.0. The van der Waals surface area contributed by atoms with Crippen molar-refractivity contribution < 1.29 is 24.5 Å². The van der Waals surface area contributed by atoms with Crippen LogP contribution in [0.4, 0.5) is 0 Å². The minimum atomic E-state index is -1.34. The fourth-order valence-electron chi connectivity index (χ4n) is 9.18. The van der Waals surface area contributed by atoms with E-state index >= 15 is 0 Å². The first kappa shape index (κ1) is 45.6. The van der Waals surface area contributed by atoms with Crippen LogP contribution in [0.2, 0.25) is 19.6 Å². The van der Waals surface area contributed by atoms with Gasteiger partial charge in [0, 0.05) is 42.8 Å². The summed E-state index contributed by atoms with van der Waals surface area (Å²) in [7, 11) is -1.34. The van der Waals surface area contributed by atoms with Gasteiger partial charge >= 0.3 is 0 Å². The molecule has 0 N–H and O–H groups in total. The third-order valence-electron chi connectivity index (χ3n) is 12.3. The number of nitrogens with zero attached hydrogens (tertiary/aromatic N) is 3. The van der Waals surface area contributed by atoms with Crippen LogP contribution >= 0.6 is 0 Å². The second-order valence-corrected chi connectivity index (χ2v) is 24.2. The summed E-state index contributed by atoms with van der Waals surface area (Å²) < 4.78 is 8.97. The number of rotatable bonds is 9. The zero-order valence-electron chi connectivity index (χ0n) is 39.0. The molecule has 1 radical (unpaired) electrons. The summed E-state index contributed by atoms with van der Waals surface area (Å²) >= 11 is 0. The van der Waals surface area contributed by atoms with Crippen molar-refractivity contribution in [2.75, 3.05) is 0 Å². The number of aromatic nitrogens is 3. The molecule has 0 unspecified atom stereocenters. The summed E-state index contributed by atoms with van der Waals surface area (Å²) in [4.78, 5) is 10.1. The number of furan rings is 1. The summed E-state index contributed by atoms with van der Waals surface area (Å²) in [5, 5.41) is 6.04. The topological polar surface area (TPSA) is 43.9 Å². The molecule has 4 nitrogen and oxygen atoms in total. The Kier molecular flexibility index (Phi) is 13.3. The van der Waals surface area contributed by atoms with Gasteiger partial charge in [-0.3, -0.25) is 4.98 Å². The number of benzene rings is 7. The standard InChI is InChI=1S/C41H33N2O.C18H24NSi.Ir/c1-25(2)34-23-29(27-13-6-5-7-14-27)24-35(26(3)4)38(34)43-39-30-16-9-8-15-28(30)21-22-36(39)42-41(43)33-19-12-18-32-31-17-10-11-20-37(31)44-40(32)33;1-14(2)11-16-12-17(15-9-7-6-8-10-15)19-13-18(16)20(3,4)5;/h5-18,20-26H,1-4H3;6-9,12-14H,11H2,1-5H3;/q2*-1;. The molecule has 0 aliphatic rings.